The van der Waals surface area contributed by atoms with Gasteiger partial charge in [0.15, 0.2) is 6.61 Å². The van der Waals surface area contributed by atoms with Gasteiger partial charge in [0.1, 0.15) is 11.8 Å². The van der Waals surface area contributed by atoms with E-state index in [0.717, 1.165) is 16.5 Å². The molecular weight excluding hydrogens is 224 g/mol. The summed E-state index contributed by atoms with van der Waals surface area (Å²) in [4.78, 5) is 4.26. The van der Waals surface area contributed by atoms with E-state index in [2.05, 4.69) is 4.98 Å². The lowest BCUT2D eigenvalue weighted by molar-refractivity contribution is 0.372. The first-order valence-electron chi connectivity index (χ1n) is 4.77. The summed E-state index contributed by atoms with van der Waals surface area (Å²) >= 11 is 6.01. The number of fused-ring (bicyclic) bond motifs is 1. The molecule has 0 atom stereocenters. The second kappa shape index (κ2) is 4.38. The summed E-state index contributed by atoms with van der Waals surface area (Å²) in [5.74, 6) is 0.659. The van der Waals surface area contributed by atoms with Crippen LogP contribution in [0.2, 0.25) is 5.02 Å². The van der Waals surface area contributed by atoms with Crippen molar-refractivity contribution in [1.29, 1.82) is 5.26 Å². The average Bonchev–Trinajstić information content (AvgIpc) is 2.31. The normalized spacial score (nSPS) is 10.1. The molecule has 1 aromatic heterocycles. The molecule has 1 heterocycles. The minimum Gasteiger partial charge on any atom is -0.478 e. The Kier molecular flexibility index (Phi) is 2.93. The van der Waals surface area contributed by atoms with Crippen molar-refractivity contribution in [2.75, 3.05) is 6.61 Å². The smallest absolute Gasteiger partial charge is 0.174 e. The molecule has 0 N–H and O–H groups in total. The molecule has 80 valence electrons. The van der Waals surface area contributed by atoms with Crippen molar-refractivity contribution in [1.82, 2.24) is 4.98 Å². The van der Waals surface area contributed by atoms with E-state index < -0.39 is 0 Å². The fourth-order valence-electron chi connectivity index (χ4n) is 1.55. The van der Waals surface area contributed by atoms with Crippen LogP contribution in [0.25, 0.3) is 10.9 Å². The molecule has 0 amide bonds. The van der Waals surface area contributed by atoms with E-state index in [1.807, 2.05) is 19.1 Å². The van der Waals surface area contributed by atoms with Crippen LogP contribution in [0.1, 0.15) is 5.56 Å². The number of aryl methyl sites for hydroxylation is 1. The monoisotopic (exact) mass is 232 g/mol. The molecule has 0 bridgehead atoms. The average molecular weight is 233 g/mol. The number of pyridine rings is 1. The van der Waals surface area contributed by atoms with E-state index in [0.29, 0.717) is 10.8 Å². The van der Waals surface area contributed by atoms with E-state index >= 15 is 0 Å². The number of ether oxygens (including phenoxy) is 1. The topological polar surface area (TPSA) is 45.9 Å². The first kappa shape index (κ1) is 10.7. The highest BCUT2D eigenvalue weighted by molar-refractivity contribution is 6.32. The van der Waals surface area contributed by atoms with Gasteiger partial charge in [-0.1, -0.05) is 11.6 Å². The number of aromatic nitrogens is 1. The Bertz CT molecular complexity index is 575. The molecule has 0 radical (unpaired) electrons. The number of hydrogen-bond donors (Lipinski definition) is 0. The van der Waals surface area contributed by atoms with E-state index in [9.17, 15) is 0 Å². The molecule has 0 saturated carbocycles. The van der Waals surface area contributed by atoms with Crippen molar-refractivity contribution in [3.8, 4) is 11.8 Å². The minimum absolute atomic E-state index is 0.0286. The predicted molar refractivity (Wildman–Crippen MR) is 62.6 cm³/mol. The zero-order valence-corrected chi connectivity index (χ0v) is 9.45. The summed E-state index contributed by atoms with van der Waals surface area (Å²) < 4.78 is 5.32. The molecule has 0 unspecified atom stereocenters. The SMILES string of the molecule is Cc1c(Cl)ccc2c(OCC#N)ccnc12. The summed E-state index contributed by atoms with van der Waals surface area (Å²) in [6, 6.07) is 7.34. The third-order valence-electron chi connectivity index (χ3n) is 2.35. The predicted octanol–water partition coefficient (Wildman–Crippen LogP) is 3.10. The van der Waals surface area contributed by atoms with E-state index in [1.54, 1.807) is 18.3 Å². The zero-order valence-electron chi connectivity index (χ0n) is 8.70. The summed E-state index contributed by atoms with van der Waals surface area (Å²) in [5.41, 5.74) is 1.73. The first-order chi connectivity index (χ1) is 7.74. The Balaban J connectivity index is 2.61. The van der Waals surface area contributed by atoms with Gasteiger partial charge in [-0.05, 0) is 30.7 Å². The maximum absolute atomic E-state index is 8.49. The lowest BCUT2D eigenvalue weighted by Crippen LogP contribution is -1.95. The van der Waals surface area contributed by atoms with Crippen molar-refractivity contribution in [3.05, 3.63) is 35.0 Å². The van der Waals surface area contributed by atoms with Crippen LogP contribution in [-0.2, 0) is 0 Å². The van der Waals surface area contributed by atoms with Crippen molar-refractivity contribution >= 4 is 22.5 Å². The Labute approximate surface area is 98.2 Å². The lowest BCUT2D eigenvalue weighted by atomic mass is 10.1. The van der Waals surface area contributed by atoms with Crippen molar-refractivity contribution in [3.63, 3.8) is 0 Å². The van der Waals surface area contributed by atoms with Crippen LogP contribution in [0.3, 0.4) is 0 Å². The van der Waals surface area contributed by atoms with Gasteiger partial charge in [0.25, 0.3) is 0 Å². The molecule has 2 aromatic rings. The fourth-order valence-corrected chi connectivity index (χ4v) is 1.70. The molecule has 16 heavy (non-hydrogen) atoms. The fraction of sp³-hybridized carbons (Fsp3) is 0.167. The molecule has 2 rings (SSSR count). The van der Waals surface area contributed by atoms with Crippen LogP contribution < -0.4 is 4.74 Å². The molecule has 3 nitrogen and oxygen atoms in total. The molecule has 0 spiro atoms. The third-order valence-corrected chi connectivity index (χ3v) is 2.76. The largest absolute Gasteiger partial charge is 0.478 e. The molecule has 0 aliphatic rings. The number of nitriles is 1. The van der Waals surface area contributed by atoms with Gasteiger partial charge in [-0.3, -0.25) is 4.98 Å². The van der Waals surface area contributed by atoms with Crippen molar-refractivity contribution in [2.45, 2.75) is 6.92 Å². The number of hydrogen-bond acceptors (Lipinski definition) is 3. The van der Waals surface area contributed by atoms with Crippen LogP contribution in [0.5, 0.6) is 5.75 Å². The summed E-state index contributed by atoms with van der Waals surface area (Å²) in [7, 11) is 0. The van der Waals surface area contributed by atoms with Gasteiger partial charge in [-0.25, -0.2) is 0 Å². The van der Waals surface area contributed by atoms with E-state index in [4.69, 9.17) is 21.6 Å². The quantitative estimate of drug-likeness (QED) is 0.799. The molecule has 0 aliphatic carbocycles. The zero-order chi connectivity index (χ0) is 11.5. The van der Waals surface area contributed by atoms with Gasteiger partial charge >= 0.3 is 0 Å². The lowest BCUT2D eigenvalue weighted by Gasteiger charge is -2.08. The van der Waals surface area contributed by atoms with Crippen LogP contribution in [0, 0.1) is 18.3 Å². The number of rotatable bonds is 2. The van der Waals surface area contributed by atoms with Gasteiger partial charge in [0.2, 0.25) is 0 Å². The first-order valence-corrected chi connectivity index (χ1v) is 5.15. The second-order valence-electron chi connectivity index (χ2n) is 3.32. The summed E-state index contributed by atoms with van der Waals surface area (Å²) in [6.07, 6.45) is 1.65. The number of nitrogens with zero attached hydrogens (tertiary/aromatic N) is 2. The van der Waals surface area contributed by atoms with Gasteiger partial charge in [-0.15, -0.1) is 0 Å². The Morgan fingerprint density at radius 2 is 2.25 bits per heavy atom. The van der Waals surface area contributed by atoms with Crippen molar-refractivity contribution in [2.24, 2.45) is 0 Å². The van der Waals surface area contributed by atoms with Crippen molar-refractivity contribution < 1.29 is 4.74 Å². The van der Waals surface area contributed by atoms with Gasteiger partial charge in [0.05, 0.1) is 5.52 Å². The molecule has 0 saturated heterocycles. The highest BCUT2D eigenvalue weighted by atomic mass is 35.5. The number of halogens is 1. The molecule has 1 aromatic carbocycles. The van der Waals surface area contributed by atoms with Crippen LogP contribution >= 0.6 is 11.6 Å². The second-order valence-corrected chi connectivity index (χ2v) is 3.73. The van der Waals surface area contributed by atoms with Crippen LogP contribution in [-0.4, -0.2) is 11.6 Å². The standard InChI is InChI=1S/C12H9ClN2O/c1-8-10(13)3-2-9-11(16-7-5-14)4-6-15-12(8)9/h2-4,6H,7H2,1H3. The Morgan fingerprint density at radius 1 is 1.44 bits per heavy atom. The number of benzene rings is 1. The highest BCUT2D eigenvalue weighted by Gasteiger charge is 2.07. The molecular formula is C12H9ClN2O. The minimum atomic E-state index is 0.0286. The van der Waals surface area contributed by atoms with E-state index in [1.165, 1.54) is 0 Å². The van der Waals surface area contributed by atoms with E-state index in [-0.39, 0.29) is 6.61 Å². The maximum Gasteiger partial charge on any atom is 0.174 e. The van der Waals surface area contributed by atoms with Crippen LogP contribution in [0.4, 0.5) is 0 Å². The molecule has 0 fully saturated rings. The maximum atomic E-state index is 8.49. The van der Waals surface area contributed by atoms with Gasteiger partial charge in [-0.2, -0.15) is 5.26 Å². The Morgan fingerprint density at radius 3 is 3.00 bits per heavy atom. The molecule has 4 heteroatoms. The van der Waals surface area contributed by atoms with Gasteiger partial charge in [0, 0.05) is 16.6 Å². The van der Waals surface area contributed by atoms with Crippen LogP contribution in [0.15, 0.2) is 24.4 Å². The highest BCUT2D eigenvalue weighted by Crippen LogP contribution is 2.29. The van der Waals surface area contributed by atoms with Gasteiger partial charge < -0.3 is 4.74 Å². The summed E-state index contributed by atoms with van der Waals surface area (Å²) in [6.45, 7) is 1.94. The summed E-state index contributed by atoms with van der Waals surface area (Å²) in [5, 5.41) is 10.0. The molecule has 0 aliphatic heterocycles. The third kappa shape index (κ3) is 1.80. The Hall–Kier alpha value is -1.79.